The number of carbonyl (C=O) groups excluding carboxylic acids is 1. The van der Waals surface area contributed by atoms with Gasteiger partial charge in [-0.2, -0.15) is 0 Å². The number of benzene rings is 2. The van der Waals surface area contributed by atoms with Gasteiger partial charge in [0.05, 0.1) is 12.8 Å². The van der Waals surface area contributed by atoms with Gasteiger partial charge in [-0.05, 0) is 41.8 Å². The number of nitrogens with one attached hydrogen (secondary N) is 2. The maximum absolute atomic E-state index is 12.5. The first-order valence-corrected chi connectivity index (χ1v) is 9.96. The Bertz CT molecular complexity index is 1020. The van der Waals surface area contributed by atoms with Crippen LogP contribution in [0.15, 0.2) is 70.3 Å². The minimum Gasteiger partial charge on any atom is -0.495 e. The second-order valence-corrected chi connectivity index (χ2v) is 8.13. The summed E-state index contributed by atoms with van der Waals surface area (Å²) < 4.78 is 32.5. The van der Waals surface area contributed by atoms with Gasteiger partial charge in [-0.15, -0.1) is 11.3 Å². The lowest BCUT2D eigenvalue weighted by Crippen LogP contribution is -2.14. The van der Waals surface area contributed by atoms with Gasteiger partial charge in [-0.3, -0.25) is 9.52 Å². The molecule has 1 aromatic heterocycles. The zero-order chi connectivity index (χ0) is 18.6. The summed E-state index contributed by atoms with van der Waals surface area (Å²) in [6.07, 6.45) is 0. The number of sulfonamides is 1. The molecule has 3 aromatic rings. The van der Waals surface area contributed by atoms with Crippen molar-refractivity contribution < 1.29 is 17.9 Å². The number of carbonyl (C=O) groups is 1. The molecule has 8 heteroatoms. The van der Waals surface area contributed by atoms with Crippen LogP contribution in [0.25, 0.3) is 0 Å². The Hall–Kier alpha value is -2.84. The van der Waals surface area contributed by atoms with E-state index < -0.39 is 10.0 Å². The molecule has 0 fully saturated rings. The zero-order valence-electron chi connectivity index (χ0n) is 13.8. The number of para-hydroxylation sites is 2. The molecule has 0 unspecified atom stereocenters. The largest absolute Gasteiger partial charge is 0.495 e. The Morgan fingerprint density at radius 1 is 1.04 bits per heavy atom. The van der Waals surface area contributed by atoms with Crippen molar-refractivity contribution in [3.63, 3.8) is 0 Å². The molecule has 0 aliphatic carbocycles. The standard InChI is InChI=1S/C18H16N2O4S2/c1-24-16-9-3-2-8-15(16)19-18(21)13-6-4-7-14(12-13)20-26(22,23)17-10-5-11-25-17/h2-12,20H,1H3,(H,19,21). The topological polar surface area (TPSA) is 84.5 Å². The highest BCUT2D eigenvalue weighted by atomic mass is 32.2. The summed E-state index contributed by atoms with van der Waals surface area (Å²) in [5.41, 5.74) is 1.16. The van der Waals surface area contributed by atoms with Gasteiger partial charge in [-0.25, -0.2) is 8.42 Å². The van der Waals surface area contributed by atoms with Crippen LogP contribution in [0.3, 0.4) is 0 Å². The highest BCUT2D eigenvalue weighted by Crippen LogP contribution is 2.25. The molecule has 0 radical (unpaired) electrons. The van der Waals surface area contributed by atoms with Crippen molar-refractivity contribution in [2.24, 2.45) is 0 Å². The van der Waals surface area contributed by atoms with E-state index in [0.717, 1.165) is 11.3 Å². The van der Waals surface area contributed by atoms with Crippen molar-refractivity contribution in [1.29, 1.82) is 0 Å². The third kappa shape index (κ3) is 4.04. The van der Waals surface area contributed by atoms with Crippen LogP contribution in [0.4, 0.5) is 11.4 Å². The Morgan fingerprint density at radius 3 is 2.58 bits per heavy atom. The third-order valence-electron chi connectivity index (χ3n) is 3.49. The summed E-state index contributed by atoms with van der Waals surface area (Å²) >= 11 is 1.12. The van der Waals surface area contributed by atoms with E-state index in [9.17, 15) is 13.2 Å². The van der Waals surface area contributed by atoms with Gasteiger partial charge in [0.2, 0.25) is 0 Å². The molecule has 3 rings (SSSR count). The fourth-order valence-electron chi connectivity index (χ4n) is 2.29. The number of hydrogen-bond acceptors (Lipinski definition) is 5. The smallest absolute Gasteiger partial charge is 0.271 e. The number of anilines is 2. The van der Waals surface area contributed by atoms with Gasteiger partial charge in [-0.1, -0.05) is 24.3 Å². The fraction of sp³-hybridized carbons (Fsp3) is 0.0556. The van der Waals surface area contributed by atoms with Gasteiger partial charge >= 0.3 is 0 Å². The molecule has 1 heterocycles. The molecule has 2 N–H and O–H groups in total. The van der Waals surface area contributed by atoms with Crippen molar-refractivity contribution in [1.82, 2.24) is 0 Å². The van der Waals surface area contributed by atoms with Crippen molar-refractivity contribution in [3.05, 3.63) is 71.6 Å². The van der Waals surface area contributed by atoms with Crippen molar-refractivity contribution in [3.8, 4) is 5.75 Å². The third-order valence-corrected chi connectivity index (χ3v) is 6.27. The summed E-state index contributed by atoms with van der Waals surface area (Å²) in [5.74, 6) is 0.169. The summed E-state index contributed by atoms with van der Waals surface area (Å²) in [6, 6.07) is 16.5. The Balaban J connectivity index is 1.80. The first-order chi connectivity index (χ1) is 12.5. The Kier molecular flexibility index (Phi) is 5.24. The number of thiophene rings is 1. The molecular weight excluding hydrogens is 372 g/mol. The van der Waals surface area contributed by atoms with E-state index in [1.54, 1.807) is 53.9 Å². The fourth-order valence-corrected chi connectivity index (χ4v) is 4.33. The molecule has 0 saturated carbocycles. The lowest BCUT2D eigenvalue weighted by atomic mass is 10.2. The van der Waals surface area contributed by atoms with E-state index >= 15 is 0 Å². The quantitative estimate of drug-likeness (QED) is 0.672. The lowest BCUT2D eigenvalue weighted by molar-refractivity contribution is 0.102. The van der Waals surface area contributed by atoms with E-state index in [1.165, 1.54) is 19.2 Å². The summed E-state index contributed by atoms with van der Waals surface area (Å²) in [7, 11) is -2.15. The second-order valence-electron chi connectivity index (χ2n) is 5.27. The number of amides is 1. The normalized spacial score (nSPS) is 11.0. The van der Waals surface area contributed by atoms with Crippen LogP contribution in [0, 0.1) is 0 Å². The highest BCUT2D eigenvalue weighted by molar-refractivity contribution is 7.94. The van der Waals surface area contributed by atoms with E-state index in [1.807, 2.05) is 0 Å². The minimum absolute atomic E-state index is 0.210. The molecule has 2 aromatic carbocycles. The summed E-state index contributed by atoms with van der Waals surface area (Å²) in [4.78, 5) is 12.5. The minimum atomic E-state index is -3.67. The van der Waals surface area contributed by atoms with Crippen molar-refractivity contribution >= 4 is 38.6 Å². The van der Waals surface area contributed by atoms with Crippen LogP contribution in [0.2, 0.25) is 0 Å². The molecule has 0 aliphatic heterocycles. The molecule has 26 heavy (non-hydrogen) atoms. The van der Waals surface area contributed by atoms with Gasteiger partial charge in [0.25, 0.3) is 15.9 Å². The van der Waals surface area contributed by atoms with Crippen LogP contribution in [0.1, 0.15) is 10.4 Å². The first kappa shape index (κ1) is 18.0. The van der Waals surface area contributed by atoms with Gasteiger partial charge in [0.15, 0.2) is 0 Å². The van der Waals surface area contributed by atoms with Crippen LogP contribution >= 0.6 is 11.3 Å². The maximum Gasteiger partial charge on any atom is 0.271 e. The average molecular weight is 388 g/mol. The number of hydrogen-bond donors (Lipinski definition) is 2. The molecule has 6 nitrogen and oxygen atoms in total. The SMILES string of the molecule is COc1ccccc1NC(=O)c1cccc(NS(=O)(=O)c2cccs2)c1. The Morgan fingerprint density at radius 2 is 1.85 bits per heavy atom. The van der Waals surface area contributed by atoms with Gasteiger partial charge in [0, 0.05) is 11.3 Å². The first-order valence-electron chi connectivity index (χ1n) is 7.60. The number of methoxy groups -OCH3 is 1. The zero-order valence-corrected chi connectivity index (χ0v) is 15.4. The van der Waals surface area contributed by atoms with E-state index in [0.29, 0.717) is 22.7 Å². The number of rotatable bonds is 6. The van der Waals surface area contributed by atoms with E-state index in [-0.39, 0.29) is 10.1 Å². The molecule has 1 amide bonds. The summed E-state index contributed by atoms with van der Waals surface area (Å²) in [6.45, 7) is 0. The van der Waals surface area contributed by atoms with Gasteiger partial charge < -0.3 is 10.1 Å². The monoisotopic (exact) mass is 388 g/mol. The summed E-state index contributed by atoms with van der Waals surface area (Å²) in [5, 5.41) is 4.44. The molecule has 0 spiro atoms. The van der Waals surface area contributed by atoms with Crippen molar-refractivity contribution in [2.75, 3.05) is 17.1 Å². The van der Waals surface area contributed by atoms with E-state index in [4.69, 9.17) is 4.74 Å². The van der Waals surface area contributed by atoms with Gasteiger partial charge in [0.1, 0.15) is 9.96 Å². The molecule has 134 valence electrons. The number of ether oxygens (including phenoxy) is 1. The lowest BCUT2D eigenvalue weighted by Gasteiger charge is -2.11. The van der Waals surface area contributed by atoms with Crippen molar-refractivity contribution in [2.45, 2.75) is 4.21 Å². The van der Waals surface area contributed by atoms with E-state index in [2.05, 4.69) is 10.0 Å². The molecule has 0 atom stereocenters. The molecule has 0 bridgehead atoms. The van der Waals surface area contributed by atoms with Crippen LogP contribution in [-0.2, 0) is 10.0 Å². The van der Waals surface area contributed by atoms with Crippen LogP contribution in [-0.4, -0.2) is 21.4 Å². The molecular formula is C18H16N2O4S2. The Labute approximate surface area is 155 Å². The second kappa shape index (κ2) is 7.59. The maximum atomic E-state index is 12.5. The van der Waals surface area contributed by atoms with Crippen LogP contribution in [0.5, 0.6) is 5.75 Å². The van der Waals surface area contributed by atoms with Crippen LogP contribution < -0.4 is 14.8 Å². The molecule has 0 saturated heterocycles. The average Bonchev–Trinajstić information content (AvgIpc) is 3.18. The predicted molar refractivity (Wildman–Crippen MR) is 103 cm³/mol. The predicted octanol–water partition coefficient (Wildman–Crippen LogP) is 3.81. The molecule has 0 aliphatic rings. The highest BCUT2D eigenvalue weighted by Gasteiger charge is 2.16.